The second kappa shape index (κ2) is 6.53. The summed E-state index contributed by atoms with van der Waals surface area (Å²) in [6.07, 6.45) is 3.82. The number of hydrogen-bond acceptors (Lipinski definition) is 2. The van der Waals surface area contributed by atoms with Crippen LogP contribution in [-0.4, -0.2) is 30.6 Å². The second-order valence-electron chi connectivity index (χ2n) is 5.99. The van der Waals surface area contributed by atoms with E-state index in [-0.39, 0.29) is 5.54 Å². The van der Waals surface area contributed by atoms with E-state index >= 15 is 0 Å². The summed E-state index contributed by atoms with van der Waals surface area (Å²) in [5.41, 5.74) is 1.51. The molecule has 1 aromatic rings. The molecule has 1 fully saturated rings. The summed E-state index contributed by atoms with van der Waals surface area (Å²) in [6.45, 7) is 10.4. The van der Waals surface area contributed by atoms with Crippen molar-refractivity contribution in [1.29, 1.82) is 0 Å². The molecule has 1 aliphatic heterocycles. The van der Waals surface area contributed by atoms with Gasteiger partial charge in [-0.3, -0.25) is 4.90 Å². The van der Waals surface area contributed by atoms with Gasteiger partial charge in [0.25, 0.3) is 0 Å². The minimum Gasteiger partial charge on any atom is -0.305 e. The molecular formula is C17H28N2. The van der Waals surface area contributed by atoms with Crippen LogP contribution in [0.5, 0.6) is 0 Å². The Balaban J connectivity index is 2.13. The molecule has 1 N–H and O–H groups in total. The minimum atomic E-state index is 0.0979. The first-order valence-corrected chi connectivity index (χ1v) is 7.74. The van der Waals surface area contributed by atoms with Crippen LogP contribution in [0.3, 0.4) is 0 Å². The highest BCUT2D eigenvalue weighted by Gasteiger charge is 2.35. The Hall–Kier alpha value is -0.860. The average molecular weight is 260 g/mol. The van der Waals surface area contributed by atoms with Crippen molar-refractivity contribution in [3.05, 3.63) is 35.9 Å². The quantitative estimate of drug-likeness (QED) is 0.873. The molecule has 106 valence electrons. The van der Waals surface area contributed by atoms with Gasteiger partial charge in [-0.05, 0) is 31.9 Å². The average Bonchev–Trinajstić information content (AvgIpc) is 2.44. The predicted octanol–water partition coefficient (Wildman–Crippen LogP) is 3.39. The second-order valence-corrected chi connectivity index (χ2v) is 5.99. The summed E-state index contributed by atoms with van der Waals surface area (Å²) in [5, 5.41) is 3.79. The fourth-order valence-corrected chi connectivity index (χ4v) is 3.23. The highest BCUT2D eigenvalue weighted by Crippen LogP contribution is 2.27. The first-order chi connectivity index (χ1) is 9.19. The van der Waals surface area contributed by atoms with Crippen molar-refractivity contribution in [2.24, 2.45) is 0 Å². The maximum absolute atomic E-state index is 3.79. The predicted molar refractivity (Wildman–Crippen MR) is 82.4 cm³/mol. The summed E-state index contributed by atoms with van der Waals surface area (Å²) >= 11 is 0. The minimum absolute atomic E-state index is 0.0979. The SMILES string of the molecule is CCCC1CNC(C)(c2ccccc2)CN1CCC. The zero-order valence-electron chi connectivity index (χ0n) is 12.7. The number of piperazine rings is 1. The normalized spacial score (nSPS) is 28.5. The third-order valence-electron chi connectivity index (χ3n) is 4.31. The van der Waals surface area contributed by atoms with E-state index in [1.807, 2.05) is 0 Å². The van der Waals surface area contributed by atoms with E-state index < -0.39 is 0 Å². The lowest BCUT2D eigenvalue weighted by Gasteiger charge is -2.46. The summed E-state index contributed by atoms with van der Waals surface area (Å²) in [4.78, 5) is 2.69. The van der Waals surface area contributed by atoms with Crippen LogP contribution in [0.25, 0.3) is 0 Å². The van der Waals surface area contributed by atoms with E-state index in [4.69, 9.17) is 0 Å². The molecule has 2 unspecified atom stereocenters. The van der Waals surface area contributed by atoms with Crippen LogP contribution in [0.1, 0.15) is 45.6 Å². The van der Waals surface area contributed by atoms with Crippen LogP contribution in [0.15, 0.2) is 30.3 Å². The number of hydrogen-bond donors (Lipinski definition) is 1. The number of benzene rings is 1. The van der Waals surface area contributed by atoms with Crippen LogP contribution in [0.4, 0.5) is 0 Å². The van der Waals surface area contributed by atoms with Crippen LogP contribution in [-0.2, 0) is 5.54 Å². The van der Waals surface area contributed by atoms with E-state index in [1.54, 1.807) is 0 Å². The molecule has 1 aromatic carbocycles. The Morgan fingerprint density at radius 3 is 2.58 bits per heavy atom. The van der Waals surface area contributed by atoms with Gasteiger partial charge in [-0.1, -0.05) is 50.6 Å². The van der Waals surface area contributed by atoms with Crippen molar-refractivity contribution < 1.29 is 0 Å². The third-order valence-corrected chi connectivity index (χ3v) is 4.31. The molecule has 1 heterocycles. The molecule has 2 nitrogen and oxygen atoms in total. The highest BCUT2D eigenvalue weighted by atomic mass is 15.2. The number of nitrogens with one attached hydrogen (secondary N) is 1. The smallest absolute Gasteiger partial charge is 0.0535 e. The molecule has 0 aromatic heterocycles. The molecule has 0 spiro atoms. The molecule has 2 atom stereocenters. The Bertz CT molecular complexity index is 376. The van der Waals surface area contributed by atoms with Gasteiger partial charge in [-0.25, -0.2) is 0 Å². The van der Waals surface area contributed by atoms with Gasteiger partial charge in [0.15, 0.2) is 0 Å². The molecule has 0 aliphatic carbocycles. The summed E-state index contributed by atoms with van der Waals surface area (Å²) in [7, 11) is 0. The van der Waals surface area contributed by atoms with Gasteiger partial charge in [0.2, 0.25) is 0 Å². The van der Waals surface area contributed by atoms with Gasteiger partial charge in [-0.15, -0.1) is 0 Å². The highest BCUT2D eigenvalue weighted by molar-refractivity contribution is 5.25. The molecule has 2 heteroatoms. The van der Waals surface area contributed by atoms with Gasteiger partial charge in [0.1, 0.15) is 0 Å². The Kier molecular flexibility index (Phi) is 5.00. The summed E-state index contributed by atoms with van der Waals surface area (Å²) < 4.78 is 0. The molecular weight excluding hydrogens is 232 g/mol. The monoisotopic (exact) mass is 260 g/mol. The third kappa shape index (κ3) is 3.37. The summed E-state index contributed by atoms with van der Waals surface area (Å²) in [6, 6.07) is 11.6. The van der Waals surface area contributed by atoms with E-state index in [0.717, 1.165) is 13.1 Å². The first kappa shape index (κ1) is 14.5. The topological polar surface area (TPSA) is 15.3 Å². The van der Waals surface area contributed by atoms with Gasteiger partial charge < -0.3 is 5.32 Å². The molecule has 0 bridgehead atoms. The standard InChI is InChI=1S/C17H28N2/c1-4-9-16-13-18-17(3,14-19(16)12-5-2)15-10-7-6-8-11-15/h6-8,10-11,16,18H,4-5,9,12-14H2,1-3H3. The van der Waals surface area contributed by atoms with E-state index in [1.165, 1.54) is 31.4 Å². The zero-order chi connectivity index (χ0) is 13.7. The first-order valence-electron chi connectivity index (χ1n) is 7.74. The molecule has 2 rings (SSSR count). The Labute approximate surface area is 118 Å². The maximum atomic E-state index is 3.79. The lowest BCUT2D eigenvalue weighted by atomic mass is 9.87. The Morgan fingerprint density at radius 1 is 1.21 bits per heavy atom. The van der Waals surface area contributed by atoms with Crippen molar-refractivity contribution in [1.82, 2.24) is 10.2 Å². The van der Waals surface area contributed by atoms with Gasteiger partial charge in [-0.2, -0.15) is 0 Å². The van der Waals surface area contributed by atoms with E-state index in [2.05, 4.69) is 61.3 Å². The maximum Gasteiger partial charge on any atom is 0.0535 e. The van der Waals surface area contributed by atoms with Crippen molar-refractivity contribution in [2.45, 2.75) is 51.6 Å². The van der Waals surface area contributed by atoms with Gasteiger partial charge >= 0.3 is 0 Å². The van der Waals surface area contributed by atoms with Crippen molar-refractivity contribution in [3.63, 3.8) is 0 Å². The molecule has 19 heavy (non-hydrogen) atoms. The number of rotatable bonds is 5. The Morgan fingerprint density at radius 2 is 1.95 bits per heavy atom. The van der Waals surface area contributed by atoms with Crippen molar-refractivity contribution >= 4 is 0 Å². The summed E-state index contributed by atoms with van der Waals surface area (Å²) in [5.74, 6) is 0. The van der Waals surface area contributed by atoms with Crippen LogP contribution in [0, 0.1) is 0 Å². The van der Waals surface area contributed by atoms with Gasteiger partial charge in [0.05, 0.1) is 5.54 Å². The lowest BCUT2D eigenvalue weighted by molar-refractivity contribution is 0.0803. The fraction of sp³-hybridized carbons (Fsp3) is 0.647. The zero-order valence-corrected chi connectivity index (χ0v) is 12.7. The largest absolute Gasteiger partial charge is 0.305 e. The lowest BCUT2D eigenvalue weighted by Crippen LogP contribution is -2.61. The van der Waals surface area contributed by atoms with Crippen molar-refractivity contribution in [3.8, 4) is 0 Å². The molecule has 0 radical (unpaired) electrons. The van der Waals surface area contributed by atoms with Crippen LogP contribution < -0.4 is 5.32 Å². The van der Waals surface area contributed by atoms with Crippen LogP contribution in [0.2, 0.25) is 0 Å². The van der Waals surface area contributed by atoms with Crippen LogP contribution >= 0.6 is 0 Å². The molecule has 0 amide bonds. The number of nitrogens with zero attached hydrogens (tertiary/aromatic N) is 1. The van der Waals surface area contributed by atoms with Gasteiger partial charge in [0, 0.05) is 19.1 Å². The molecule has 0 saturated carbocycles. The van der Waals surface area contributed by atoms with Crippen molar-refractivity contribution in [2.75, 3.05) is 19.6 Å². The molecule has 1 aliphatic rings. The van der Waals surface area contributed by atoms with E-state index in [9.17, 15) is 0 Å². The fourth-order valence-electron chi connectivity index (χ4n) is 3.23. The van der Waals surface area contributed by atoms with E-state index in [0.29, 0.717) is 6.04 Å². The molecule has 1 saturated heterocycles.